The lowest BCUT2D eigenvalue weighted by Crippen LogP contribution is -2.47. The maximum Gasteiger partial charge on any atom is 0.268 e. The first-order chi connectivity index (χ1) is 14.0. The third-order valence-electron chi connectivity index (χ3n) is 6.67. The number of nitriles is 1. The molecule has 1 aromatic carbocycles. The van der Waals surface area contributed by atoms with Crippen LogP contribution in [0.4, 0.5) is 0 Å². The highest BCUT2D eigenvalue weighted by Gasteiger charge is 2.37. The molecule has 0 spiro atoms. The van der Waals surface area contributed by atoms with Crippen LogP contribution in [0.15, 0.2) is 35.3 Å². The summed E-state index contributed by atoms with van der Waals surface area (Å²) in [5.74, 6) is -0.248. The Balaban J connectivity index is 1.75. The number of piperidine rings is 1. The van der Waals surface area contributed by atoms with Crippen molar-refractivity contribution in [2.45, 2.75) is 52.4 Å². The second kappa shape index (κ2) is 7.51. The number of fused-ring (bicyclic) bond motifs is 1. The molecule has 1 unspecified atom stereocenters. The summed E-state index contributed by atoms with van der Waals surface area (Å²) < 4.78 is 1.63. The van der Waals surface area contributed by atoms with Crippen LogP contribution in [0.1, 0.15) is 59.7 Å². The van der Waals surface area contributed by atoms with Crippen LogP contribution in [0.2, 0.25) is 0 Å². The Morgan fingerprint density at radius 2 is 2.07 bits per heavy atom. The van der Waals surface area contributed by atoms with E-state index in [1.165, 1.54) is 11.1 Å². The van der Waals surface area contributed by atoms with Crippen LogP contribution in [-0.4, -0.2) is 28.5 Å². The molecule has 1 aliphatic carbocycles. The topological polar surface area (TPSA) is 66.1 Å². The smallest absolute Gasteiger partial charge is 0.268 e. The molecule has 150 valence electrons. The molecule has 2 aliphatic rings. The van der Waals surface area contributed by atoms with E-state index in [1.807, 2.05) is 32.0 Å². The van der Waals surface area contributed by atoms with E-state index in [4.69, 9.17) is 0 Å². The standard InChI is InChI=1S/C24H27N3O2/c1-3-24(15-25)12-6-13-26(16-24)22(28)21-17(2)11-14-27(23(21)29)20-10-5-8-18-7-4-9-19(18)20/h5,8,10-11,14H,3-4,6-7,9,12-13,16H2,1-2H3. The average Bonchev–Trinajstić information content (AvgIpc) is 3.23. The van der Waals surface area contributed by atoms with Gasteiger partial charge in [0.15, 0.2) is 0 Å². The number of rotatable bonds is 3. The molecule has 1 aromatic heterocycles. The Bertz CT molecular complexity index is 1060. The molecule has 2 aromatic rings. The number of amides is 1. The first-order valence-corrected chi connectivity index (χ1v) is 10.5. The van der Waals surface area contributed by atoms with Gasteiger partial charge in [0, 0.05) is 19.3 Å². The van der Waals surface area contributed by atoms with E-state index in [0.29, 0.717) is 25.1 Å². The van der Waals surface area contributed by atoms with E-state index in [0.717, 1.165) is 37.8 Å². The van der Waals surface area contributed by atoms with Crippen molar-refractivity contribution in [1.82, 2.24) is 9.47 Å². The summed E-state index contributed by atoms with van der Waals surface area (Å²) in [4.78, 5) is 28.5. The van der Waals surface area contributed by atoms with Gasteiger partial charge in [0.25, 0.3) is 11.5 Å². The summed E-state index contributed by atoms with van der Waals surface area (Å²) >= 11 is 0. The van der Waals surface area contributed by atoms with Gasteiger partial charge < -0.3 is 4.90 Å². The predicted octanol–water partition coefficient (Wildman–Crippen LogP) is 3.79. The van der Waals surface area contributed by atoms with Gasteiger partial charge >= 0.3 is 0 Å². The second-order valence-corrected chi connectivity index (χ2v) is 8.39. The molecule has 1 fully saturated rings. The number of carbonyl (C=O) groups is 1. The van der Waals surface area contributed by atoms with Gasteiger partial charge in [-0.2, -0.15) is 5.26 Å². The Kier molecular flexibility index (Phi) is 5.04. The van der Waals surface area contributed by atoms with Crippen LogP contribution in [0.25, 0.3) is 5.69 Å². The second-order valence-electron chi connectivity index (χ2n) is 8.39. The van der Waals surface area contributed by atoms with Crippen molar-refractivity contribution in [3.63, 3.8) is 0 Å². The summed E-state index contributed by atoms with van der Waals surface area (Å²) in [5.41, 5.74) is 3.54. The van der Waals surface area contributed by atoms with Crippen LogP contribution >= 0.6 is 0 Å². The van der Waals surface area contributed by atoms with Crippen LogP contribution in [0, 0.1) is 23.7 Å². The highest BCUT2D eigenvalue weighted by atomic mass is 16.2. The number of hydrogen-bond acceptors (Lipinski definition) is 3. The number of aromatic nitrogens is 1. The molecular formula is C24H27N3O2. The molecule has 0 radical (unpaired) electrons. The van der Waals surface area contributed by atoms with Crippen LogP contribution in [0.5, 0.6) is 0 Å². The molecule has 0 N–H and O–H groups in total. The van der Waals surface area contributed by atoms with Gasteiger partial charge in [0.1, 0.15) is 5.56 Å². The Labute approximate surface area is 171 Å². The number of nitrogens with zero attached hydrogens (tertiary/aromatic N) is 3. The van der Waals surface area contributed by atoms with Crippen molar-refractivity contribution >= 4 is 5.91 Å². The van der Waals surface area contributed by atoms with Crippen molar-refractivity contribution in [2.24, 2.45) is 5.41 Å². The van der Waals surface area contributed by atoms with E-state index in [2.05, 4.69) is 12.1 Å². The molecule has 0 bridgehead atoms. The Morgan fingerprint density at radius 3 is 2.83 bits per heavy atom. The minimum absolute atomic E-state index is 0.230. The van der Waals surface area contributed by atoms with Gasteiger partial charge in [-0.15, -0.1) is 0 Å². The molecule has 4 rings (SSSR count). The fourth-order valence-corrected chi connectivity index (χ4v) is 4.82. The first-order valence-electron chi connectivity index (χ1n) is 10.5. The van der Waals surface area contributed by atoms with Crippen LogP contribution < -0.4 is 5.56 Å². The highest BCUT2D eigenvalue weighted by molar-refractivity contribution is 5.95. The molecule has 0 saturated carbocycles. The maximum atomic E-state index is 13.4. The number of pyridine rings is 1. The number of hydrogen-bond donors (Lipinski definition) is 0. The van der Waals surface area contributed by atoms with Gasteiger partial charge in [0.2, 0.25) is 0 Å². The van der Waals surface area contributed by atoms with Gasteiger partial charge in [0.05, 0.1) is 17.2 Å². The molecule has 5 nitrogen and oxygen atoms in total. The summed E-state index contributed by atoms with van der Waals surface area (Å²) in [7, 11) is 0. The summed E-state index contributed by atoms with van der Waals surface area (Å²) in [6, 6.07) is 10.3. The molecule has 29 heavy (non-hydrogen) atoms. The van der Waals surface area contributed by atoms with E-state index in [9.17, 15) is 14.9 Å². The van der Waals surface area contributed by atoms with E-state index in [1.54, 1.807) is 15.7 Å². The van der Waals surface area contributed by atoms with E-state index in [-0.39, 0.29) is 17.0 Å². The predicted molar refractivity (Wildman–Crippen MR) is 112 cm³/mol. The van der Waals surface area contributed by atoms with Crippen LogP contribution in [-0.2, 0) is 12.8 Å². The SMILES string of the molecule is CCC1(C#N)CCCN(C(=O)c2c(C)ccn(-c3cccc4c3CCC4)c2=O)C1. The fourth-order valence-electron chi connectivity index (χ4n) is 4.82. The number of likely N-dealkylation sites (tertiary alicyclic amines) is 1. The van der Waals surface area contributed by atoms with Gasteiger partial charge in [-0.3, -0.25) is 14.2 Å². The lowest BCUT2D eigenvalue weighted by molar-refractivity contribution is 0.0601. The zero-order valence-corrected chi connectivity index (χ0v) is 17.2. The van der Waals surface area contributed by atoms with Crippen molar-refractivity contribution in [2.75, 3.05) is 13.1 Å². The summed E-state index contributed by atoms with van der Waals surface area (Å²) in [6.07, 6.45) is 7.18. The summed E-state index contributed by atoms with van der Waals surface area (Å²) in [5, 5.41) is 9.65. The third-order valence-corrected chi connectivity index (χ3v) is 6.67. The monoisotopic (exact) mass is 389 g/mol. The highest BCUT2D eigenvalue weighted by Crippen LogP contribution is 2.33. The van der Waals surface area contributed by atoms with Gasteiger partial charge in [-0.1, -0.05) is 19.1 Å². The summed E-state index contributed by atoms with van der Waals surface area (Å²) in [6.45, 7) is 4.80. The average molecular weight is 389 g/mol. The minimum atomic E-state index is -0.504. The molecule has 1 saturated heterocycles. The molecule has 1 atom stereocenters. The maximum absolute atomic E-state index is 13.4. The lowest BCUT2D eigenvalue weighted by Gasteiger charge is -2.37. The molecule has 1 aliphatic heterocycles. The Hall–Kier alpha value is -2.87. The zero-order chi connectivity index (χ0) is 20.6. The molecule has 2 heterocycles. The van der Waals surface area contributed by atoms with Crippen molar-refractivity contribution in [3.8, 4) is 11.8 Å². The van der Waals surface area contributed by atoms with Crippen molar-refractivity contribution < 1.29 is 4.79 Å². The van der Waals surface area contributed by atoms with E-state index >= 15 is 0 Å². The quantitative estimate of drug-likeness (QED) is 0.802. The molecule has 1 amide bonds. The molecule has 5 heteroatoms. The number of aryl methyl sites for hydroxylation is 2. The minimum Gasteiger partial charge on any atom is -0.337 e. The molecular weight excluding hydrogens is 362 g/mol. The van der Waals surface area contributed by atoms with Gasteiger partial charge in [-0.25, -0.2) is 0 Å². The Morgan fingerprint density at radius 1 is 1.24 bits per heavy atom. The first kappa shape index (κ1) is 19.4. The van der Waals surface area contributed by atoms with E-state index < -0.39 is 5.41 Å². The van der Waals surface area contributed by atoms with Gasteiger partial charge in [-0.05, 0) is 74.3 Å². The zero-order valence-electron chi connectivity index (χ0n) is 17.2. The fraction of sp³-hybridized carbons (Fsp3) is 0.458. The number of benzene rings is 1. The third kappa shape index (κ3) is 3.27. The normalized spacial score (nSPS) is 20.9. The lowest BCUT2D eigenvalue weighted by atomic mass is 9.79. The largest absolute Gasteiger partial charge is 0.337 e. The number of carbonyl (C=O) groups excluding carboxylic acids is 1. The van der Waals surface area contributed by atoms with Crippen molar-refractivity contribution in [3.05, 3.63) is 63.1 Å². The van der Waals surface area contributed by atoms with Crippen LogP contribution in [0.3, 0.4) is 0 Å². The van der Waals surface area contributed by atoms with Crippen molar-refractivity contribution in [1.29, 1.82) is 5.26 Å².